The molecule has 1 heterocycles. The first-order valence-corrected chi connectivity index (χ1v) is 2.93. The molecule has 0 amide bonds. The lowest BCUT2D eigenvalue weighted by molar-refractivity contribution is -0.234. The standard InChI is InChI=1S/C5H10O5/c6-2-5(9)4(8)3(7)1-10-5/h3-4,6-9H,1-2H2/t3-,4+,5?/m1/s1. The molecule has 4 N–H and O–H groups in total. The second-order valence-electron chi connectivity index (χ2n) is 2.33. The molecule has 0 bridgehead atoms. The second kappa shape index (κ2) is 2.44. The average molecular weight is 150 g/mol. The third-order valence-electron chi connectivity index (χ3n) is 1.56. The average Bonchev–Trinajstić information content (AvgIpc) is 2.19. The molecule has 0 aromatic heterocycles. The highest BCUT2D eigenvalue weighted by molar-refractivity contribution is 4.88. The number of hydrogen-bond donors (Lipinski definition) is 4. The van der Waals surface area contributed by atoms with Crippen LogP contribution in [-0.2, 0) is 4.74 Å². The predicted molar refractivity (Wildman–Crippen MR) is 30.0 cm³/mol. The molecule has 5 nitrogen and oxygen atoms in total. The number of aliphatic hydroxyl groups excluding tert-OH is 3. The molecule has 3 atom stereocenters. The smallest absolute Gasteiger partial charge is 0.218 e. The molecule has 0 spiro atoms. The summed E-state index contributed by atoms with van der Waals surface area (Å²) in [5.41, 5.74) is 0. The minimum Gasteiger partial charge on any atom is -0.391 e. The molecule has 0 radical (unpaired) electrons. The maximum Gasteiger partial charge on any atom is 0.218 e. The molecule has 10 heavy (non-hydrogen) atoms. The Morgan fingerprint density at radius 1 is 1.50 bits per heavy atom. The van der Waals surface area contributed by atoms with Gasteiger partial charge in [-0.2, -0.15) is 0 Å². The molecule has 0 aromatic rings. The third kappa shape index (κ3) is 1.02. The highest BCUT2D eigenvalue weighted by Gasteiger charge is 2.47. The zero-order chi connectivity index (χ0) is 7.78. The number of hydrogen-bond acceptors (Lipinski definition) is 5. The van der Waals surface area contributed by atoms with Crippen LogP contribution >= 0.6 is 0 Å². The molecule has 60 valence electrons. The van der Waals surface area contributed by atoms with Crippen LogP contribution in [-0.4, -0.2) is 51.6 Å². The lowest BCUT2D eigenvalue weighted by atomic mass is 10.1. The molecule has 1 rings (SSSR count). The summed E-state index contributed by atoms with van der Waals surface area (Å²) >= 11 is 0. The van der Waals surface area contributed by atoms with Crippen molar-refractivity contribution >= 4 is 0 Å². The van der Waals surface area contributed by atoms with Crippen LogP contribution in [0.3, 0.4) is 0 Å². The lowest BCUT2D eigenvalue weighted by Gasteiger charge is -2.22. The van der Waals surface area contributed by atoms with Crippen LogP contribution in [0.5, 0.6) is 0 Å². The van der Waals surface area contributed by atoms with Crippen molar-refractivity contribution < 1.29 is 25.2 Å². The van der Waals surface area contributed by atoms with Gasteiger partial charge in [-0.15, -0.1) is 0 Å². The van der Waals surface area contributed by atoms with E-state index in [0.29, 0.717) is 0 Å². The number of rotatable bonds is 1. The Labute approximate surface area is 57.5 Å². The van der Waals surface area contributed by atoms with E-state index in [9.17, 15) is 0 Å². The van der Waals surface area contributed by atoms with E-state index in [-0.39, 0.29) is 6.61 Å². The van der Waals surface area contributed by atoms with Crippen LogP contribution in [0.15, 0.2) is 0 Å². The zero-order valence-corrected chi connectivity index (χ0v) is 5.27. The normalized spacial score (nSPS) is 48.0. The van der Waals surface area contributed by atoms with Gasteiger partial charge in [0.2, 0.25) is 5.79 Å². The minimum atomic E-state index is -1.97. The van der Waals surface area contributed by atoms with Gasteiger partial charge in [0, 0.05) is 0 Å². The fraction of sp³-hybridized carbons (Fsp3) is 1.00. The van der Waals surface area contributed by atoms with Gasteiger partial charge in [0.25, 0.3) is 0 Å². The predicted octanol–water partition coefficient (Wildman–Crippen LogP) is -2.58. The molecule has 0 saturated carbocycles. The molecular formula is C5H10O5. The van der Waals surface area contributed by atoms with Gasteiger partial charge in [0.15, 0.2) is 0 Å². The van der Waals surface area contributed by atoms with E-state index < -0.39 is 24.6 Å². The summed E-state index contributed by atoms with van der Waals surface area (Å²) in [6, 6.07) is 0. The maximum atomic E-state index is 9.06. The topological polar surface area (TPSA) is 90.2 Å². The Kier molecular flexibility index (Phi) is 1.93. The number of aliphatic hydroxyl groups is 4. The quantitative estimate of drug-likeness (QED) is 0.329. The van der Waals surface area contributed by atoms with Gasteiger partial charge in [-0.3, -0.25) is 0 Å². The van der Waals surface area contributed by atoms with Crippen molar-refractivity contribution in [2.45, 2.75) is 18.0 Å². The first-order chi connectivity index (χ1) is 4.60. The molecule has 1 saturated heterocycles. The molecule has 5 heteroatoms. The Balaban J connectivity index is 2.64. The van der Waals surface area contributed by atoms with Gasteiger partial charge >= 0.3 is 0 Å². The summed E-state index contributed by atoms with van der Waals surface area (Å²) < 4.78 is 4.52. The van der Waals surface area contributed by atoms with Crippen molar-refractivity contribution in [1.29, 1.82) is 0 Å². The minimum absolute atomic E-state index is 0.155. The van der Waals surface area contributed by atoms with Crippen LogP contribution in [0.2, 0.25) is 0 Å². The first-order valence-electron chi connectivity index (χ1n) is 2.93. The fourth-order valence-electron chi connectivity index (χ4n) is 0.846. The second-order valence-corrected chi connectivity index (χ2v) is 2.33. The van der Waals surface area contributed by atoms with Crippen molar-refractivity contribution in [1.82, 2.24) is 0 Å². The van der Waals surface area contributed by atoms with E-state index in [2.05, 4.69) is 4.74 Å². The number of ether oxygens (including phenoxy) is 1. The largest absolute Gasteiger partial charge is 0.391 e. The molecule has 0 aliphatic carbocycles. The summed E-state index contributed by atoms with van der Waals surface area (Å²) in [6.07, 6.45) is -2.53. The third-order valence-corrected chi connectivity index (χ3v) is 1.56. The summed E-state index contributed by atoms with van der Waals surface area (Å²) in [5.74, 6) is -1.97. The highest BCUT2D eigenvalue weighted by Crippen LogP contribution is 2.22. The van der Waals surface area contributed by atoms with Gasteiger partial charge in [0.1, 0.15) is 12.2 Å². The van der Waals surface area contributed by atoms with Crippen LogP contribution < -0.4 is 0 Å². The molecular weight excluding hydrogens is 140 g/mol. The molecule has 1 aliphatic rings. The summed E-state index contributed by atoms with van der Waals surface area (Å²) in [5, 5.41) is 35.3. The zero-order valence-electron chi connectivity index (χ0n) is 5.27. The van der Waals surface area contributed by atoms with E-state index in [1.807, 2.05) is 0 Å². The van der Waals surface area contributed by atoms with E-state index >= 15 is 0 Å². The lowest BCUT2D eigenvalue weighted by Crippen LogP contribution is -2.46. The molecule has 1 fully saturated rings. The van der Waals surface area contributed by atoms with E-state index in [0.717, 1.165) is 0 Å². The van der Waals surface area contributed by atoms with Gasteiger partial charge in [-0.05, 0) is 0 Å². The van der Waals surface area contributed by atoms with Crippen LogP contribution in [0, 0.1) is 0 Å². The SMILES string of the molecule is OCC1(O)OC[C@@H](O)[C@@H]1O. The van der Waals surface area contributed by atoms with Gasteiger partial charge < -0.3 is 25.2 Å². The van der Waals surface area contributed by atoms with Gasteiger partial charge in [-0.25, -0.2) is 0 Å². The Morgan fingerprint density at radius 2 is 2.10 bits per heavy atom. The van der Waals surface area contributed by atoms with Crippen molar-refractivity contribution in [3.05, 3.63) is 0 Å². The van der Waals surface area contributed by atoms with Crippen molar-refractivity contribution in [3.8, 4) is 0 Å². The van der Waals surface area contributed by atoms with Crippen LogP contribution in [0.1, 0.15) is 0 Å². The van der Waals surface area contributed by atoms with E-state index in [1.54, 1.807) is 0 Å². The highest BCUT2D eigenvalue weighted by atomic mass is 16.7. The van der Waals surface area contributed by atoms with Gasteiger partial charge in [-0.1, -0.05) is 0 Å². The van der Waals surface area contributed by atoms with Gasteiger partial charge in [0.05, 0.1) is 13.2 Å². The summed E-state index contributed by atoms with van der Waals surface area (Å²) in [7, 11) is 0. The van der Waals surface area contributed by atoms with Crippen molar-refractivity contribution in [3.63, 3.8) is 0 Å². The maximum absolute atomic E-state index is 9.06. The Bertz CT molecular complexity index is 127. The molecule has 1 unspecified atom stereocenters. The summed E-state index contributed by atoms with van der Waals surface area (Å²) in [4.78, 5) is 0. The van der Waals surface area contributed by atoms with Crippen LogP contribution in [0.25, 0.3) is 0 Å². The van der Waals surface area contributed by atoms with Crippen LogP contribution in [0.4, 0.5) is 0 Å². The summed E-state index contributed by atoms with van der Waals surface area (Å²) in [6.45, 7) is -0.872. The van der Waals surface area contributed by atoms with Crippen molar-refractivity contribution in [2.75, 3.05) is 13.2 Å². The Hall–Kier alpha value is -0.200. The molecule has 1 aliphatic heterocycles. The Morgan fingerprint density at radius 3 is 2.30 bits per heavy atom. The monoisotopic (exact) mass is 150 g/mol. The van der Waals surface area contributed by atoms with E-state index in [4.69, 9.17) is 20.4 Å². The fourth-order valence-corrected chi connectivity index (χ4v) is 0.846. The van der Waals surface area contributed by atoms with E-state index in [1.165, 1.54) is 0 Å². The van der Waals surface area contributed by atoms with Crippen molar-refractivity contribution in [2.24, 2.45) is 0 Å². The first kappa shape index (κ1) is 7.90. The molecule has 0 aromatic carbocycles.